The average Bonchev–Trinajstić information content (AvgIpc) is 3.11. The lowest BCUT2D eigenvalue weighted by Gasteiger charge is -2.07. The molecule has 3 nitrogen and oxygen atoms in total. The van der Waals surface area contributed by atoms with Crippen molar-refractivity contribution in [3.05, 3.63) is 48.5 Å². The molecule has 0 spiro atoms. The number of fused-ring (bicyclic) bond motifs is 3. The third-order valence-corrected chi connectivity index (χ3v) is 3.88. The minimum atomic E-state index is 0.739. The molecule has 0 saturated heterocycles. The lowest BCUT2D eigenvalue weighted by atomic mass is 10.2. The average molecular weight is 264 g/mol. The fraction of sp³-hybridized carbons (Fsp3) is 0.235. The van der Waals surface area contributed by atoms with E-state index in [4.69, 9.17) is 4.74 Å². The molecule has 1 aliphatic rings. The van der Waals surface area contributed by atoms with Gasteiger partial charge in [0, 0.05) is 34.8 Å². The van der Waals surface area contributed by atoms with Crippen molar-refractivity contribution in [2.24, 2.45) is 4.99 Å². The van der Waals surface area contributed by atoms with Crippen LogP contribution in [-0.2, 0) is 11.3 Å². The Morgan fingerprint density at radius 1 is 0.950 bits per heavy atom. The van der Waals surface area contributed by atoms with Gasteiger partial charge in [-0.05, 0) is 12.1 Å². The largest absolute Gasteiger partial charge is 0.479 e. The highest BCUT2D eigenvalue weighted by atomic mass is 16.5. The van der Waals surface area contributed by atoms with E-state index in [-0.39, 0.29) is 0 Å². The molecule has 2 heterocycles. The van der Waals surface area contributed by atoms with Crippen molar-refractivity contribution in [2.75, 3.05) is 13.2 Å². The Hall–Kier alpha value is -2.29. The van der Waals surface area contributed by atoms with Crippen molar-refractivity contribution < 1.29 is 4.74 Å². The van der Waals surface area contributed by atoms with Gasteiger partial charge in [-0.1, -0.05) is 36.4 Å². The van der Waals surface area contributed by atoms with E-state index in [9.17, 15) is 0 Å². The fourth-order valence-corrected chi connectivity index (χ4v) is 2.98. The quantitative estimate of drug-likeness (QED) is 0.709. The Labute approximate surface area is 117 Å². The molecule has 0 aliphatic carbocycles. The number of aliphatic imine (C=N–C) groups is 1. The standard InChI is InChI=1S/C17H16N2O/c1-3-7-15-13(5-1)14-6-2-4-8-16(14)19(15)11-9-17-18-10-12-20-17/h1-8H,9-12H2. The maximum Gasteiger partial charge on any atom is 0.185 e. The molecule has 100 valence electrons. The van der Waals surface area contributed by atoms with Gasteiger partial charge >= 0.3 is 0 Å². The molecule has 1 aliphatic heterocycles. The first-order valence-electron chi connectivity index (χ1n) is 7.05. The molecule has 0 radical (unpaired) electrons. The Morgan fingerprint density at radius 3 is 2.20 bits per heavy atom. The Balaban J connectivity index is 1.82. The Kier molecular flexibility index (Phi) is 2.69. The smallest absolute Gasteiger partial charge is 0.185 e. The van der Waals surface area contributed by atoms with Gasteiger partial charge in [-0.25, -0.2) is 0 Å². The van der Waals surface area contributed by atoms with Crippen LogP contribution in [-0.4, -0.2) is 23.6 Å². The van der Waals surface area contributed by atoms with Gasteiger partial charge in [0.25, 0.3) is 0 Å². The van der Waals surface area contributed by atoms with E-state index >= 15 is 0 Å². The summed E-state index contributed by atoms with van der Waals surface area (Å²) in [7, 11) is 0. The maximum atomic E-state index is 5.51. The van der Waals surface area contributed by atoms with Crippen LogP contribution in [0, 0.1) is 0 Å². The molecule has 0 atom stereocenters. The zero-order chi connectivity index (χ0) is 13.4. The number of ether oxygens (including phenoxy) is 1. The highest BCUT2D eigenvalue weighted by Crippen LogP contribution is 2.28. The molecule has 0 amide bonds. The van der Waals surface area contributed by atoms with Gasteiger partial charge in [0.2, 0.25) is 0 Å². The van der Waals surface area contributed by atoms with Gasteiger partial charge in [0.1, 0.15) is 6.61 Å². The monoisotopic (exact) mass is 264 g/mol. The number of para-hydroxylation sites is 2. The minimum Gasteiger partial charge on any atom is -0.479 e. The van der Waals surface area contributed by atoms with Crippen LogP contribution in [0.3, 0.4) is 0 Å². The highest BCUT2D eigenvalue weighted by Gasteiger charge is 2.12. The highest BCUT2D eigenvalue weighted by molar-refractivity contribution is 6.08. The predicted molar refractivity (Wildman–Crippen MR) is 82.3 cm³/mol. The first-order chi connectivity index (χ1) is 9.93. The number of benzene rings is 2. The van der Waals surface area contributed by atoms with Gasteiger partial charge in [-0.15, -0.1) is 0 Å². The van der Waals surface area contributed by atoms with Crippen LogP contribution in [0.5, 0.6) is 0 Å². The summed E-state index contributed by atoms with van der Waals surface area (Å²) in [6.07, 6.45) is 0.864. The summed E-state index contributed by atoms with van der Waals surface area (Å²) in [5, 5.41) is 2.63. The van der Waals surface area contributed by atoms with Crippen LogP contribution in [0.2, 0.25) is 0 Å². The number of rotatable bonds is 3. The van der Waals surface area contributed by atoms with Gasteiger partial charge in [0.15, 0.2) is 5.90 Å². The Morgan fingerprint density at radius 2 is 1.60 bits per heavy atom. The van der Waals surface area contributed by atoms with Crippen LogP contribution in [0.25, 0.3) is 21.8 Å². The van der Waals surface area contributed by atoms with E-state index in [1.165, 1.54) is 21.8 Å². The zero-order valence-corrected chi connectivity index (χ0v) is 11.2. The summed E-state index contributed by atoms with van der Waals surface area (Å²) in [5.74, 6) is 0.895. The topological polar surface area (TPSA) is 26.5 Å². The van der Waals surface area contributed by atoms with Crippen LogP contribution < -0.4 is 0 Å². The van der Waals surface area contributed by atoms with Gasteiger partial charge < -0.3 is 9.30 Å². The fourth-order valence-electron chi connectivity index (χ4n) is 2.98. The third kappa shape index (κ3) is 1.78. The molecule has 1 aromatic heterocycles. The van der Waals surface area contributed by atoms with Crippen molar-refractivity contribution >= 4 is 27.7 Å². The summed E-state index contributed by atoms with van der Waals surface area (Å²) in [5.41, 5.74) is 2.57. The molecule has 2 aromatic carbocycles. The summed E-state index contributed by atoms with van der Waals surface area (Å²) >= 11 is 0. The molecule has 0 fully saturated rings. The number of hydrogen-bond donors (Lipinski definition) is 0. The van der Waals surface area contributed by atoms with E-state index in [0.717, 1.165) is 32.0 Å². The number of aryl methyl sites for hydroxylation is 1. The van der Waals surface area contributed by atoms with Crippen LogP contribution in [0.15, 0.2) is 53.5 Å². The summed E-state index contributed by atoms with van der Waals surface area (Å²) < 4.78 is 7.88. The molecule has 0 bridgehead atoms. The summed E-state index contributed by atoms with van der Waals surface area (Å²) in [4.78, 5) is 4.38. The SMILES string of the molecule is c1ccc2c(c1)c1ccccc1n2CCC1=NCCO1. The maximum absolute atomic E-state index is 5.51. The first kappa shape index (κ1) is 11.5. The molecule has 3 aromatic rings. The lowest BCUT2D eigenvalue weighted by Crippen LogP contribution is -2.05. The lowest BCUT2D eigenvalue weighted by molar-refractivity contribution is 0.336. The molecule has 0 N–H and O–H groups in total. The van der Waals surface area contributed by atoms with Gasteiger partial charge in [-0.3, -0.25) is 4.99 Å². The second kappa shape index (κ2) is 4.67. The van der Waals surface area contributed by atoms with Crippen molar-refractivity contribution in [3.63, 3.8) is 0 Å². The van der Waals surface area contributed by atoms with Gasteiger partial charge in [-0.2, -0.15) is 0 Å². The second-order valence-corrected chi connectivity index (χ2v) is 5.06. The summed E-state index contributed by atoms with van der Waals surface area (Å²) in [6.45, 7) is 2.46. The Bertz CT molecular complexity index is 748. The zero-order valence-electron chi connectivity index (χ0n) is 11.2. The summed E-state index contributed by atoms with van der Waals surface area (Å²) in [6, 6.07) is 17.2. The number of nitrogens with zero attached hydrogens (tertiary/aromatic N) is 2. The minimum absolute atomic E-state index is 0.739. The number of hydrogen-bond acceptors (Lipinski definition) is 2. The van der Waals surface area contributed by atoms with E-state index in [2.05, 4.69) is 58.1 Å². The predicted octanol–water partition coefficient (Wildman–Crippen LogP) is 3.61. The van der Waals surface area contributed by atoms with Crippen LogP contribution in [0.1, 0.15) is 6.42 Å². The molecule has 20 heavy (non-hydrogen) atoms. The van der Waals surface area contributed by atoms with Crippen molar-refractivity contribution in [1.82, 2.24) is 4.57 Å². The van der Waals surface area contributed by atoms with Crippen LogP contribution >= 0.6 is 0 Å². The van der Waals surface area contributed by atoms with Crippen molar-refractivity contribution in [3.8, 4) is 0 Å². The molecular formula is C17H16N2O. The van der Waals surface area contributed by atoms with Crippen molar-refractivity contribution in [1.29, 1.82) is 0 Å². The molecule has 4 rings (SSSR count). The third-order valence-electron chi connectivity index (χ3n) is 3.88. The van der Waals surface area contributed by atoms with Crippen molar-refractivity contribution in [2.45, 2.75) is 13.0 Å². The molecular weight excluding hydrogens is 248 g/mol. The normalized spacial score (nSPS) is 14.7. The van der Waals surface area contributed by atoms with E-state index in [0.29, 0.717) is 0 Å². The van der Waals surface area contributed by atoms with Gasteiger partial charge in [0.05, 0.1) is 6.54 Å². The first-order valence-corrected chi connectivity index (χ1v) is 7.05. The second-order valence-electron chi connectivity index (χ2n) is 5.06. The molecule has 0 saturated carbocycles. The molecule has 3 heteroatoms. The van der Waals surface area contributed by atoms with E-state index < -0.39 is 0 Å². The van der Waals surface area contributed by atoms with E-state index in [1.807, 2.05) is 0 Å². The number of aromatic nitrogens is 1. The van der Waals surface area contributed by atoms with Crippen LogP contribution in [0.4, 0.5) is 0 Å². The van der Waals surface area contributed by atoms with E-state index in [1.54, 1.807) is 0 Å². The molecule has 0 unspecified atom stereocenters.